The number of benzene rings is 1. The second kappa shape index (κ2) is 3.32. The number of rotatable bonds is 1. The first kappa shape index (κ1) is 10.6. The van der Waals surface area contributed by atoms with E-state index >= 15 is 0 Å². The van der Waals surface area contributed by atoms with Gasteiger partial charge in [-0.3, -0.25) is 0 Å². The first-order valence-corrected chi connectivity index (χ1v) is 3.23. The minimum Gasteiger partial charge on any atom is -0.503 e. The molecular formula is C7H3F5O2. The summed E-state index contributed by atoms with van der Waals surface area (Å²) in [5, 5.41) is 8.54. The van der Waals surface area contributed by atoms with Crippen LogP contribution in [0.4, 0.5) is 22.0 Å². The Morgan fingerprint density at radius 2 is 1.50 bits per heavy atom. The zero-order valence-corrected chi connectivity index (χ0v) is 6.40. The molecule has 0 saturated heterocycles. The Labute approximate surface area is 74.5 Å². The van der Waals surface area contributed by atoms with Crippen molar-refractivity contribution in [3.63, 3.8) is 0 Å². The number of hydrogen-bond acceptors (Lipinski definition) is 2. The molecule has 0 spiro atoms. The quantitative estimate of drug-likeness (QED) is 0.728. The molecule has 7 heteroatoms. The Hall–Kier alpha value is -1.53. The van der Waals surface area contributed by atoms with Gasteiger partial charge in [0.1, 0.15) is 5.75 Å². The summed E-state index contributed by atoms with van der Waals surface area (Å²) in [6.45, 7) is 0. The van der Waals surface area contributed by atoms with Crippen molar-refractivity contribution in [3.05, 3.63) is 23.8 Å². The average Bonchev–Trinajstić information content (AvgIpc) is 1.96. The summed E-state index contributed by atoms with van der Waals surface area (Å²) in [5.41, 5.74) is 0. The smallest absolute Gasteiger partial charge is 0.503 e. The van der Waals surface area contributed by atoms with E-state index in [4.69, 9.17) is 5.11 Å². The SMILES string of the molecule is Oc1c(F)cc(OC(F)(F)F)cc1F. The predicted octanol–water partition coefficient (Wildman–Crippen LogP) is 2.57. The Morgan fingerprint density at radius 3 is 1.86 bits per heavy atom. The van der Waals surface area contributed by atoms with Crippen LogP contribution in [0.2, 0.25) is 0 Å². The van der Waals surface area contributed by atoms with Crippen LogP contribution in [0.5, 0.6) is 11.5 Å². The summed E-state index contributed by atoms with van der Waals surface area (Å²) in [6, 6.07) is 0.456. The lowest BCUT2D eigenvalue weighted by molar-refractivity contribution is -0.274. The van der Waals surface area contributed by atoms with E-state index in [9.17, 15) is 22.0 Å². The average molecular weight is 214 g/mol. The van der Waals surface area contributed by atoms with Crippen LogP contribution < -0.4 is 4.74 Å². The molecule has 0 bridgehead atoms. The molecular weight excluding hydrogens is 211 g/mol. The van der Waals surface area contributed by atoms with E-state index in [0.717, 1.165) is 0 Å². The molecule has 78 valence electrons. The molecule has 0 unspecified atom stereocenters. The highest BCUT2D eigenvalue weighted by molar-refractivity contribution is 5.33. The third-order valence-electron chi connectivity index (χ3n) is 1.22. The summed E-state index contributed by atoms with van der Waals surface area (Å²) in [4.78, 5) is 0. The van der Waals surface area contributed by atoms with Crippen LogP contribution in [0.25, 0.3) is 0 Å². The van der Waals surface area contributed by atoms with E-state index in [1.165, 1.54) is 0 Å². The fraction of sp³-hybridized carbons (Fsp3) is 0.143. The van der Waals surface area contributed by atoms with E-state index in [-0.39, 0.29) is 12.1 Å². The summed E-state index contributed by atoms with van der Waals surface area (Å²) >= 11 is 0. The van der Waals surface area contributed by atoms with Crippen molar-refractivity contribution in [2.24, 2.45) is 0 Å². The third-order valence-corrected chi connectivity index (χ3v) is 1.22. The van der Waals surface area contributed by atoms with Gasteiger partial charge in [-0.25, -0.2) is 8.78 Å². The van der Waals surface area contributed by atoms with Crippen molar-refractivity contribution in [2.75, 3.05) is 0 Å². The molecule has 1 N–H and O–H groups in total. The summed E-state index contributed by atoms with van der Waals surface area (Å²) in [6.07, 6.45) is -5.03. The fourth-order valence-corrected chi connectivity index (χ4v) is 0.735. The molecule has 0 aliphatic rings. The molecule has 0 fully saturated rings. The molecule has 0 heterocycles. The molecule has 0 atom stereocenters. The van der Waals surface area contributed by atoms with E-state index in [0.29, 0.717) is 0 Å². The molecule has 14 heavy (non-hydrogen) atoms. The normalized spacial score (nSPS) is 11.5. The van der Waals surface area contributed by atoms with Crippen LogP contribution in [0.3, 0.4) is 0 Å². The number of alkyl halides is 3. The predicted molar refractivity (Wildman–Crippen MR) is 34.7 cm³/mol. The second-order valence-electron chi connectivity index (χ2n) is 2.28. The highest BCUT2D eigenvalue weighted by Crippen LogP contribution is 2.29. The molecule has 1 aromatic carbocycles. The van der Waals surface area contributed by atoms with E-state index in [1.807, 2.05) is 0 Å². The van der Waals surface area contributed by atoms with Crippen molar-refractivity contribution in [3.8, 4) is 11.5 Å². The zero-order chi connectivity index (χ0) is 10.9. The van der Waals surface area contributed by atoms with Gasteiger partial charge in [-0.15, -0.1) is 13.2 Å². The number of ether oxygens (including phenoxy) is 1. The van der Waals surface area contributed by atoms with Gasteiger partial charge in [0.05, 0.1) is 0 Å². The third kappa shape index (κ3) is 2.48. The Bertz CT molecular complexity index is 323. The van der Waals surface area contributed by atoms with Gasteiger partial charge in [0.2, 0.25) is 0 Å². The van der Waals surface area contributed by atoms with Gasteiger partial charge >= 0.3 is 6.36 Å². The number of aromatic hydroxyl groups is 1. The summed E-state index contributed by atoms with van der Waals surface area (Å²) in [5.74, 6) is -5.46. The van der Waals surface area contributed by atoms with Gasteiger partial charge in [0.25, 0.3) is 0 Å². The van der Waals surface area contributed by atoms with Crippen molar-refractivity contribution < 1.29 is 31.8 Å². The second-order valence-corrected chi connectivity index (χ2v) is 2.28. The van der Waals surface area contributed by atoms with Crippen LogP contribution in [-0.2, 0) is 0 Å². The van der Waals surface area contributed by atoms with Crippen molar-refractivity contribution in [1.82, 2.24) is 0 Å². The van der Waals surface area contributed by atoms with E-state index in [1.54, 1.807) is 0 Å². The van der Waals surface area contributed by atoms with E-state index < -0.39 is 29.5 Å². The molecule has 1 aromatic rings. The maximum atomic E-state index is 12.5. The van der Waals surface area contributed by atoms with Crippen LogP contribution in [0, 0.1) is 11.6 Å². The first-order valence-electron chi connectivity index (χ1n) is 3.23. The standard InChI is InChI=1S/C7H3F5O2/c8-4-1-3(14-7(10,11)12)2-5(9)6(4)13/h1-2,13H. The lowest BCUT2D eigenvalue weighted by atomic mass is 10.3. The highest BCUT2D eigenvalue weighted by atomic mass is 19.4. The number of hydrogen-bond donors (Lipinski definition) is 1. The topological polar surface area (TPSA) is 29.5 Å². The lowest BCUT2D eigenvalue weighted by Crippen LogP contribution is -2.17. The Balaban J connectivity index is 3.02. The van der Waals surface area contributed by atoms with Crippen LogP contribution in [-0.4, -0.2) is 11.5 Å². The van der Waals surface area contributed by atoms with Crippen LogP contribution in [0.1, 0.15) is 0 Å². The number of phenols is 1. The molecule has 0 aromatic heterocycles. The maximum Gasteiger partial charge on any atom is 0.573 e. The molecule has 0 aliphatic carbocycles. The zero-order valence-electron chi connectivity index (χ0n) is 6.40. The number of halogens is 5. The summed E-state index contributed by atoms with van der Waals surface area (Å²) < 4.78 is 62.9. The molecule has 0 amide bonds. The van der Waals surface area contributed by atoms with Gasteiger partial charge in [-0.2, -0.15) is 0 Å². The molecule has 2 nitrogen and oxygen atoms in total. The maximum absolute atomic E-state index is 12.5. The van der Waals surface area contributed by atoms with Gasteiger partial charge in [0, 0.05) is 12.1 Å². The fourth-order valence-electron chi connectivity index (χ4n) is 0.735. The molecule has 0 saturated carbocycles. The van der Waals surface area contributed by atoms with Gasteiger partial charge in [-0.1, -0.05) is 0 Å². The Kier molecular flexibility index (Phi) is 2.50. The number of phenolic OH excluding ortho intramolecular Hbond substituents is 1. The van der Waals surface area contributed by atoms with Gasteiger partial charge in [-0.05, 0) is 0 Å². The monoisotopic (exact) mass is 214 g/mol. The first-order chi connectivity index (χ1) is 6.29. The molecule has 0 aliphatic heterocycles. The minimum atomic E-state index is -5.03. The minimum absolute atomic E-state index is 0.228. The lowest BCUT2D eigenvalue weighted by Gasteiger charge is -2.09. The van der Waals surface area contributed by atoms with Crippen molar-refractivity contribution in [2.45, 2.75) is 6.36 Å². The summed E-state index contributed by atoms with van der Waals surface area (Å²) in [7, 11) is 0. The van der Waals surface area contributed by atoms with Crippen molar-refractivity contribution in [1.29, 1.82) is 0 Å². The molecule has 1 rings (SSSR count). The van der Waals surface area contributed by atoms with Gasteiger partial charge < -0.3 is 9.84 Å². The largest absolute Gasteiger partial charge is 0.573 e. The van der Waals surface area contributed by atoms with Crippen LogP contribution in [0.15, 0.2) is 12.1 Å². The molecule has 0 radical (unpaired) electrons. The van der Waals surface area contributed by atoms with Crippen molar-refractivity contribution >= 4 is 0 Å². The Morgan fingerprint density at radius 1 is 1.07 bits per heavy atom. The van der Waals surface area contributed by atoms with E-state index in [2.05, 4.69) is 4.74 Å². The van der Waals surface area contributed by atoms with Gasteiger partial charge in [0.15, 0.2) is 17.4 Å². The van der Waals surface area contributed by atoms with Crippen LogP contribution >= 0.6 is 0 Å². The highest BCUT2D eigenvalue weighted by Gasteiger charge is 2.31.